The zero-order valence-corrected chi connectivity index (χ0v) is 23.1. The van der Waals surface area contributed by atoms with Crippen molar-refractivity contribution in [2.45, 2.75) is 19.5 Å². The highest BCUT2D eigenvalue weighted by molar-refractivity contribution is 8.04. The molecule has 178 valence electrons. The van der Waals surface area contributed by atoms with Crippen molar-refractivity contribution >= 4 is 35.3 Å². The zero-order valence-electron chi connectivity index (χ0n) is 20.7. The van der Waals surface area contributed by atoms with Crippen LogP contribution in [0.25, 0.3) is 0 Å². The molecule has 32 heavy (non-hydrogen) atoms. The van der Waals surface area contributed by atoms with E-state index in [1.807, 2.05) is 0 Å². The molecule has 0 N–H and O–H groups in total. The fourth-order valence-electron chi connectivity index (χ4n) is 3.76. The van der Waals surface area contributed by atoms with Gasteiger partial charge in [-0.25, -0.2) is 0 Å². The third-order valence-corrected chi connectivity index (χ3v) is 9.08. The highest BCUT2D eigenvalue weighted by Gasteiger charge is 2.16. The monoisotopic (exact) mass is 492 g/mol. The molecule has 5 heteroatoms. The Morgan fingerprint density at radius 2 is 0.906 bits per heavy atom. The van der Waals surface area contributed by atoms with E-state index in [4.69, 9.17) is 0 Å². The molecule has 0 spiro atoms. The number of quaternary nitrogens is 2. The predicted octanol–water partition coefficient (Wildman–Crippen LogP) is 6.13. The molecule has 2 nitrogen and oxygen atoms in total. The van der Waals surface area contributed by atoms with Gasteiger partial charge in [0.1, 0.15) is 13.1 Å². The maximum absolute atomic E-state index is 2.35. The van der Waals surface area contributed by atoms with Gasteiger partial charge in [0, 0.05) is 46.3 Å². The molecule has 0 aromatic heterocycles. The van der Waals surface area contributed by atoms with Crippen LogP contribution < -0.4 is 0 Å². The normalized spacial score (nSPS) is 12.2. The van der Waals surface area contributed by atoms with Crippen LogP contribution in [0.5, 0.6) is 0 Å². The Kier molecular flexibility index (Phi) is 13.3. The van der Waals surface area contributed by atoms with Gasteiger partial charge in [-0.2, -0.15) is 35.3 Å². The minimum Gasteiger partial charge on any atom is -0.325 e. The average Bonchev–Trinajstić information content (AvgIpc) is 2.75. The van der Waals surface area contributed by atoms with Gasteiger partial charge in [-0.3, -0.25) is 0 Å². The van der Waals surface area contributed by atoms with Crippen molar-refractivity contribution in [3.05, 3.63) is 71.8 Å². The highest BCUT2D eigenvalue weighted by atomic mass is 32.2. The van der Waals surface area contributed by atoms with Gasteiger partial charge in [0.15, 0.2) is 0 Å². The zero-order chi connectivity index (χ0) is 23.1. The van der Waals surface area contributed by atoms with E-state index in [9.17, 15) is 0 Å². The van der Waals surface area contributed by atoms with Crippen LogP contribution in [0.4, 0.5) is 0 Å². The van der Waals surface area contributed by atoms with Crippen molar-refractivity contribution in [2.75, 3.05) is 75.8 Å². The molecule has 0 fully saturated rings. The number of benzene rings is 2. The Morgan fingerprint density at radius 1 is 0.500 bits per heavy atom. The van der Waals surface area contributed by atoms with E-state index < -0.39 is 0 Å². The molecule has 0 atom stereocenters. The lowest BCUT2D eigenvalue weighted by Crippen LogP contribution is -2.40. The Hall–Kier alpha value is -0.590. The Morgan fingerprint density at radius 3 is 1.41 bits per heavy atom. The van der Waals surface area contributed by atoms with Crippen LogP contribution in [0, 0.1) is 0 Å². The maximum Gasteiger partial charge on any atom is 0.104 e. The first-order valence-electron chi connectivity index (χ1n) is 11.8. The minimum absolute atomic E-state index is 1.07. The van der Waals surface area contributed by atoms with Gasteiger partial charge >= 0.3 is 0 Å². The quantitative estimate of drug-likeness (QED) is 0.193. The van der Waals surface area contributed by atoms with Gasteiger partial charge in [0.05, 0.1) is 41.3 Å². The summed E-state index contributed by atoms with van der Waals surface area (Å²) < 4.78 is 2.15. The highest BCUT2D eigenvalue weighted by Crippen LogP contribution is 2.15. The molecule has 2 aromatic rings. The second-order valence-electron chi connectivity index (χ2n) is 9.80. The number of rotatable bonds is 17. The molecule has 2 aromatic carbocycles. The van der Waals surface area contributed by atoms with Crippen molar-refractivity contribution in [3.63, 3.8) is 0 Å². The van der Waals surface area contributed by atoms with E-state index in [-0.39, 0.29) is 0 Å². The van der Waals surface area contributed by atoms with Gasteiger partial charge in [0.25, 0.3) is 0 Å². The van der Waals surface area contributed by atoms with Crippen LogP contribution >= 0.6 is 35.3 Å². The lowest BCUT2D eigenvalue weighted by molar-refractivity contribution is -0.903. The van der Waals surface area contributed by atoms with Gasteiger partial charge < -0.3 is 8.97 Å². The average molecular weight is 493 g/mol. The van der Waals surface area contributed by atoms with Gasteiger partial charge in [0.2, 0.25) is 0 Å². The summed E-state index contributed by atoms with van der Waals surface area (Å²) in [6.45, 7) is 4.74. The van der Waals surface area contributed by atoms with Gasteiger partial charge in [-0.05, 0) is 5.75 Å². The molecule has 0 aliphatic carbocycles. The van der Waals surface area contributed by atoms with E-state index in [2.05, 4.69) is 124 Å². The van der Waals surface area contributed by atoms with Crippen LogP contribution in [-0.2, 0) is 13.1 Å². The minimum atomic E-state index is 1.07. The van der Waals surface area contributed by atoms with Gasteiger partial charge in [-0.1, -0.05) is 60.7 Å². The lowest BCUT2D eigenvalue weighted by Gasteiger charge is -2.30. The molecular formula is C27H44N2S3+2. The topological polar surface area (TPSA) is 0 Å². The van der Waals surface area contributed by atoms with Crippen LogP contribution in [0.1, 0.15) is 17.5 Å². The fourth-order valence-corrected chi connectivity index (χ4v) is 7.22. The van der Waals surface area contributed by atoms with E-state index in [1.54, 1.807) is 0 Å². The molecule has 0 heterocycles. The summed E-state index contributed by atoms with van der Waals surface area (Å²) in [7, 11) is 9.40. The van der Waals surface area contributed by atoms with Crippen molar-refractivity contribution in [1.29, 1.82) is 0 Å². The molecule has 0 radical (unpaired) electrons. The molecule has 0 aliphatic rings. The SMILES string of the molecule is C[N+](C)(CCCSCCSCCSCC[N+](C)(C)Cc1ccccc1)Cc1ccccc1. The van der Waals surface area contributed by atoms with Gasteiger partial charge in [-0.15, -0.1) is 0 Å². The first kappa shape index (κ1) is 27.7. The van der Waals surface area contributed by atoms with Crippen LogP contribution in [0.15, 0.2) is 60.7 Å². The summed E-state index contributed by atoms with van der Waals surface area (Å²) in [5, 5.41) is 0. The van der Waals surface area contributed by atoms with E-state index in [0.717, 1.165) is 22.1 Å². The molecule has 0 unspecified atom stereocenters. The Bertz CT molecular complexity index is 657. The van der Waals surface area contributed by atoms with E-state index in [0.29, 0.717) is 0 Å². The van der Waals surface area contributed by atoms with Crippen molar-refractivity contribution in [3.8, 4) is 0 Å². The molecule has 0 aliphatic heterocycles. The second kappa shape index (κ2) is 15.3. The number of hydrogen-bond acceptors (Lipinski definition) is 3. The third kappa shape index (κ3) is 13.2. The first-order chi connectivity index (χ1) is 15.4. The standard InChI is InChI=1S/C27H44N2S3/c1-28(2,24-26-12-7-5-8-13-26)16-11-18-30-20-22-32-23-21-31-19-17-29(3,4)25-27-14-9-6-10-15-27/h5-10,12-15H,11,16-25H2,1-4H3/q+2. The number of nitrogens with zero attached hydrogens (tertiary/aromatic N) is 2. The summed E-state index contributed by atoms with van der Waals surface area (Å²) in [5.41, 5.74) is 2.88. The Labute approximate surface area is 210 Å². The number of hydrogen-bond donors (Lipinski definition) is 0. The third-order valence-electron chi connectivity index (χ3n) is 5.54. The maximum atomic E-state index is 2.35. The van der Waals surface area contributed by atoms with Crippen molar-refractivity contribution in [2.24, 2.45) is 0 Å². The second-order valence-corrected chi connectivity index (χ2v) is 13.5. The molecular weight excluding hydrogens is 449 g/mol. The summed E-state index contributed by atoms with van der Waals surface area (Å²) in [4.78, 5) is 0. The molecule has 2 rings (SSSR count). The first-order valence-corrected chi connectivity index (χ1v) is 15.3. The molecule has 0 saturated heterocycles. The number of thioether (sulfide) groups is 3. The van der Waals surface area contributed by atoms with Crippen molar-refractivity contribution in [1.82, 2.24) is 0 Å². The summed E-state index contributed by atoms with van der Waals surface area (Å²) >= 11 is 6.38. The van der Waals surface area contributed by atoms with E-state index in [1.165, 1.54) is 65.2 Å². The smallest absolute Gasteiger partial charge is 0.104 e. The van der Waals surface area contributed by atoms with Crippen molar-refractivity contribution < 1.29 is 8.97 Å². The molecule has 0 saturated carbocycles. The largest absolute Gasteiger partial charge is 0.325 e. The summed E-state index contributed by atoms with van der Waals surface area (Å²) in [5.74, 6) is 7.71. The molecule has 0 bridgehead atoms. The predicted molar refractivity (Wildman–Crippen MR) is 151 cm³/mol. The summed E-state index contributed by atoms with van der Waals surface area (Å²) in [6, 6.07) is 21.8. The lowest BCUT2D eigenvalue weighted by atomic mass is 10.2. The van der Waals surface area contributed by atoms with Crippen LogP contribution in [-0.4, -0.2) is 84.8 Å². The Balaban J connectivity index is 1.40. The fraction of sp³-hybridized carbons (Fsp3) is 0.556. The van der Waals surface area contributed by atoms with E-state index >= 15 is 0 Å². The molecule has 0 amide bonds. The summed E-state index contributed by atoms with van der Waals surface area (Å²) in [6.07, 6.45) is 1.31. The van der Waals surface area contributed by atoms with Crippen LogP contribution in [0.2, 0.25) is 0 Å². The van der Waals surface area contributed by atoms with Crippen LogP contribution in [0.3, 0.4) is 0 Å².